The van der Waals surface area contributed by atoms with Gasteiger partial charge in [0.2, 0.25) is 5.91 Å². The summed E-state index contributed by atoms with van der Waals surface area (Å²) in [5, 5.41) is 5.18. The Balaban J connectivity index is 2.80. The Morgan fingerprint density at radius 2 is 1.63 bits per heavy atom. The Morgan fingerprint density at radius 1 is 1.00 bits per heavy atom. The fourth-order valence-electron chi connectivity index (χ4n) is 2.52. The highest BCUT2D eigenvalue weighted by atomic mass is 16.6. The van der Waals surface area contributed by atoms with E-state index in [0.29, 0.717) is 6.42 Å². The molecular formula is C22H34N2O6. The van der Waals surface area contributed by atoms with Crippen molar-refractivity contribution < 1.29 is 28.6 Å². The maximum atomic E-state index is 12.8. The van der Waals surface area contributed by atoms with Crippen molar-refractivity contribution in [2.75, 3.05) is 13.7 Å². The Labute approximate surface area is 178 Å². The first-order valence-corrected chi connectivity index (χ1v) is 10.0. The molecule has 0 spiro atoms. The van der Waals surface area contributed by atoms with Gasteiger partial charge in [-0.25, -0.2) is 9.59 Å². The number of carbonyl (C=O) groups is 3. The first-order valence-electron chi connectivity index (χ1n) is 10.0. The number of carbonyl (C=O) groups excluding carboxylic acids is 3. The van der Waals surface area contributed by atoms with Crippen LogP contribution in [0, 0.1) is 5.92 Å². The van der Waals surface area contributed by atoms with Crippen molar-refractivity contribution in [1.29, 1.82) is 0 Å². The van der Waals surface area contributed by atoms with Gasteiger partial charge in [-0.2, -0.15) is 0 Å². The molecule has 30 heavy (non-hydrogen) atoms. The van der Waals surface area contributed by atoms with Gasteiger partial charge in [0.25, 0.3) is 0 Å². The molecule has 8 heteroatoms. The molecule has 0 aliphatic rings. The molecule has 1 aromatic rings. The summed E-state index contributed by atoms with van der Waals surface area (Å²) in [7, 11) is 1.27. The van der Waals surface area contributed by atoms with E-state index in [1.165, 1.54) is 7.11 Å². The molecule has 0 aromatic heterocycles. The van der Waals surface area contributed by atoms with Crippen LogP contribution in [0.15, 0.2) is 30.3 Å². The Kier molecular flexibility index (Phi) is 10.3. The van der Waals surface area contributed by atoms with Gasteiger partial charge >= 0.3 is 12.1 Å². The smallest absolute Gasteiger partial charge is 0.408 e. The lowest BCUT2D eigenvalue weighted by atomic mass is 10.0. The molecule has 0 bridgehead atoms. The summed E-state index contributed by atoms with van der Waals surface area (Å²) in [6.45, 7) is 9.37. The van der Waals surface area contributed by atoms with Crippen LogP contribution >= 0.6 is 0 Å². The predicted octanol–water partition coefficient (Wildman–Crippen LogP) is 2.80. The van der Waals surface area contributed by atoms with Gasteiger partial charge in [-0.1, -0.05) is 44.2 Å². The number of hydrogen-bond donors (Lipinski definition) is 2. The number of methoxy groups -OCH3 is 1. The number of amides is 2. The van der Waals surface area contributed by atoms with E-state index in [1.807, 2.05) is 65.0 Å². The van der Waals surface area contributed by atoms with Crippen molar-refractivity contribution in [2.24, 2.45) is 5.92 Å². The molecule has 0 saturated heterocycles. The minimum Gasteiger partial charge on any atom is -0.467 e. The predicted molar refractivity (Wildman–Crippen MR) is 113 cm³/mol. The van der Waals surface area contributed by atoms with Gasteiger partial charge in [0.1, 0.15) is 18.7 Å². The minimum atomic E-state index is -1.04. The van der Waals surface area contributed by atoms with E-state index in [0.717, 1.165) is 5.56 Å². The van der Waals surface area contributed by atoms with Crippen LogP contribution in [-0.4, -0.2) is 49.4 Å². The molecule has 8 nitrogen and oxygen atoms in total. The molecule has 1 rings (SSSR count). The van der Waals surface area contributed by atoms with Gasteiger partial charge in [0.15, 0.2) is 0 Å². The molecule has 0 saturated carbocycles. The third kappa shape index (κ3) is 10.2. The first kappa shape index (κ1) is 25.4. The summed E-state index contributed by atoms with van der Waals surface area (Å²) in [5.74, 6) is -0.936. The third-order valence-corrected chi connectivity index (χ3v) is 4.01. The second-order valence-corrected chi connectivity index (χ2v) is 8.40. The molecule has 0 heterocycles. The van der Waals surface area contributed by atoms with Crippen LogP contribution < -0.4 is 10.6 Å². The largest absolute Gasteiger partial charge is 0.467 e. The molecule has 2 amide bonds. The van der Waals surface area contributed by atoms with Crippen molar-refractivity contribution >= 4 is 18.0 Å². The van der Waals surface area contributed by atoms with E-state index in [2.05, 4.69) is 10.6 Å². The lowest BCUT2D eigenvalue weighted by Crippen LogP contribution is -2.54. The fourth-order valence-corrected chi connectivity index (χ4v) is 2.52. The van der Waals surface area contributed by atoms with Gasteiger partial charge in [0.05, 0.1) is 19.3 Å². The zero-order valence-corrected chi connectivity index (χ0v) is 18.7. The SMILES string of the molecule is COC(=O)[C@H](CC(C)C)NC(=O)[C@H](COC(C)(C)C)NC(=O)OCc1ccccc1. The lowest BCUT2D eigenvalue weighted by Gasteiger charge is -2.26. The van der Waals surface area contributed by atoms with E-state index in [4.69, 9.17) is 14.2 Å². The van der Waals surface area contributed by atoms with Gasteiger partial charge in [-0.3, -0.25) is 4.79 Å². The van der Waals surface area contributed by atoms with Crippen LogP contribution in [0.2, 0.25) is 0 Å². The first-order chi connectivity index (χ1) is 14.0. The molecular weight excluding hydrogens is 388 g/mol. The summed E-state index contributed by atoms with van der Waals surface area (Å²) >= 11 is 0. The minimum absolute atomic E-state index is 0.0687. The standard InChI is InChI=1S/C22H34N2O6/c1-15(2)12-17(20(26)28-6)23-19(25)18(14-30-22(3,4)5)24-21(27)29-13-16-10-8-7-9-11-16/h7-11,15,17-18H,12-14H2,1-6H3,(H,23,25)(H,24,27)/t17-,18-/m0/s1. The van der Waals surface area contributed by atoms with E-state index in [-0.39, 0.29) is 19.1 Å². The van der Waals surface area contributed by atoms with Crippen molar-refractivity contribution in [3.8, 4) is 0 Å². The topological polar surface area (TPSA) is 103 Å². The number of ether oxygens (including phenoxy) is 3. The Morgan fingerprint density at radius 3 is 2.17 bits per heavy atom. The van der Waals surface area contributed by atoms with E-state index in [1.54, 1.807) is 0 Å². The monoisotopic (exact) mass is 422 g/mol. The molecule has 0 unspecified atom stereocenters. The van der Waals surface area contributed by atoms with Crippen molar-refractivity contribution in [3.05, 3.63) is 35.9 Å². The second-order valence-electron chi connectivity index (χ2n) is 8.40. The molecule has 0 radical (unpaired) electrons. The summed E-state index contributed by atoms with van der Waals surface area (Å²) in [6, 6.07) is 7.34. The second kappa shape index (κ2) is 12.2. The Hall–Kier alpha value is -2.61. The highest BCUT2D eigenvalue weighted by molar-refractivity contribution is 5.89. The molecule has 1 aromatic carbocycles. The maximum Gasteiger partial charge on any atom is 0.408 e. The number of esters is 1. The van der Waals surface area contributed by atoms with Crippen molar-refractivity contribution in [1.82, 2.24) is 10.6 Å². The zero-order valence-electron chi connectivity index (χ0n) is 18.7. The number of alkyl carbamates (subject to hydrolysis) is 1. The van der Waals surface area contributed by atoms with E-state index in [9.17, 15) is 14.4 Å². The Bertz CT molecular complexity index is 685. The van der Waals surface area contributed by atoms with Gasteiger partial charge in [-0.05, 0) is 38.7 Å². The summed E-state index contributed by atoms with van der Waals surface area (Å²) in [6.07, 6.45) is -0.348. The summed E-state index contributed by atoms with van der Waals surface area (Å²) in [5.41, 5.74) is 0.302. The van der Waals surface area contributed by atoms with E-state index < -0.39 is 35.7 Å². The van der Waals surface area contributed by atoms with Crippen LogP contribution in [0.25, 0.3) is 0 Å². The molecule has 2 N–H and O–H groups in total. The molecule has 0 aliphatic carbocycles. The maximum absolute atomic E-state index is 12.8. The number of benzene rings is 1. The van der Waals surface area contributed by atoms with Gasteiger partial charge in [0, 0.05) is 0 Å². The highest BCUT2D eigenvalue weighted by Crippen LogP contribution is 2.10. The van der Waals surface area contributed by atoms with Crippen molar-refractivity contribution in [3.63, 3.8) is 0 Å². The molecule has 0 fully saturated rings. The van der Waals surface area contributed by atoms with Crippen LogP contribution in [0.3, 0.4) is 0 Å². The summed E-state index contributed by atoms with van der Waals surface area (Å²) in [4.78, 5) is 37.1. The van der Waals surface area contributed by atoms with Crippen LogP contribution in [0.5, 0.6) is 0 Å². The summed E-state index contributed by atoms with van der Waals surface area (Å²) < 4.78 is 15.7. The average molecular weight is 423 g/mol. The highest BCUT2D eigenvalue weighted by Gasteiger charge is 2.29. The number of hydrogen-bond acceptors (Lipinski definition) is 6. The van der Waals surface area contributed by atoms with Crippen LogP contribution in [0.4, 0.5) is 4.79 Å². The molecule has 2 atom stereocenters. The number of nitrogens with one attached hydrogen (secondary N) is 2. The van der Waals surface area contributed by atoms with Crippen molar-refractivity contribution in [2.45, 2.75) is 65.3 Å². The van der Waals surface area contributed by atoms with Gasteiger partial charge in [-0.15, -0.1) is 0 Å². The zero-order chi connectivity index (χ0) is 22.7. The fraction of sp³-hybridized carbons (Fsp3) is 0.591. The average Bonchev–Trinajstić information content (AvgIpc) is 2.68. The normalized spacial score (nSPS) is 13.3. The quantitative estimate of drug-likeness (QED) is 0.562. The molecule has 168 valence electrons. The lowest BCUT2D eigenvalue weighted by molar-refractivity contribution is -0.146. The van der Waals surface area contributed by atoms with E-state index >= 15 is 0 Å². The van der Waals surface area contributed by atoms with Gasteiger partial charge < -0.3 is 24.8 Å². The van der Waals surface area contributed by atoms with Crippen LogP contribution in [-0.2, 0) is 30.4 Å². The molecule has 0 aliphatic heterocycles. The van der Waals surface area contributed by atoms with Crippen LogP contribution in [0.1, 0.15) is 46.6 Å². The third-order valence-electron chi connectivity index (χ3n) is 4.01. The number of rotatable bonds is 10.